The summed E-state index contributed by atoms with van der Waals surface area (Å²) in [4.78, 5) is 12.4. The Morgan fingerprint density at radius 1 is 1.11 bits per heavy atom. The van der Waals surface area contributed by atoms with E-state index < -0.39 is 28.0 Å². The van der Waals surface area contributed by atoms with Crippen LogP contribution in [0.3, 0.4) is 0 Å². The Morgan fingerprint density at radius 3 is 2.40 bits per heavy atom. The minimum atomic E-state index is -4.08. The number of hydrogen-bond donors (Lipinski definition) is 1. The van der Waals surface area contributed by atoms with Crippen molar-refractivity contribution in [3.63, 3.8) is 0 Å². The van der Waals surface area contributed by atoms with E-state index in [-0.39, 0.29) is 22.6 Å². The molecule has 8 heteroatoms. The first-order valence-electron chi connectivity index (χ1n) is 11.0. The number of aliphatic hydroxyl groups is 1. The fraction of sp³-hybridized carbons (Fsp3) is 0.222. The number of ether oxygens (including phenoxy) is 2. The van der Waals surface area contributed by atoms with Crippen molar-refractivity contribution in [3.05, 3.63) is 96.3 Å². The first kappa shape index (κ1) is 25.8. The van der Waals surface area contributed by atoms with Crippen molar-refractivity contribution in [2.45, 2.75) is 24.3 Å². The maximum atomic E-state index is 13.4. The average molecular weight is 494 g/mol. The van der Waals surface area contributed by atoms with Gasteiger partial charge in [-0.2, -0.15) is 0 Å². The van der Waals surface area contributed by atoms with Gasteiger partial charge in [-0.25, -0.2) is 12.4 Å². The highest BCUT2D eigenvalue weighted by atomic mass is 32.2. The first-order valence-corrected chi connectivity index (χ1v) is 12.4. The third-order valence-electron chi connectivity index (χ3n) is 5.28. The van der Waals surface area contributed by atoms with Crippen LogP contribution in [0, 0.1) is 17.8 Å². The molecule has 7 nitrogen and oxygen atoms in total. The predicted molar refractivity (Wildman–Crippen MR) is 132 cm³/mol. The number of benzene rings is 2. The van der Waals surface area contributed by atoms with Gasteiger partial charge in [-0.1, -0.05) is 36.1 Å². The van der Waals surface area contributed by atoms with E-state index >= 15 is 0 Å². The Morgan fingerprint density at radius 2 is 1.80 bits per heavy atom. The third-order valence-corrected chi connectivity index (χ3v) is 6.99. The minimum absolute atomic E-state index is 0.0236. The van der Waals surface area contributed by atoms with Crippen LogP contribution >= 0.6 is 0 Å². The normalized spacial score (nSPS) is 12.7. The molecule has 1 aromatic heterocycles. The van der Waals surface area contributed by atoms with Crippen molar-refractivity contribution < 1.29 is 27.8 Å². The number of rotatable bonds is 9. The van der Waals surface area contributed by atoms with Crippen molar-refractivity contribution in [1.82, 2.24) is 3.97 Å². The summed E-state index contributed by atoms with van der Waals surface area (Å²) in [6.07, 6.45) is 1.36. The lowest BCUT2D eigenvalue weighted by Gasteiger charge is -2.22. The molecule has 0 saturated heterocycles. The van der Waals surface area contributed by atoms with E-state index in [2.05, 4.69) is 18.4 Å². The lowest BCUT2D eigenvalue weighted by molar-refractivity contribution is -0.149. The molecule has 0 radical (unpaired) electrons. The SMILES string of the molecule is C=CCC(C(=O)OC)C(O)c1c(C#Cc2ccc(OCC)cc2)ccn1S(=O)(=O)c1ccccc1. The molecule has 3 aromatic rings. The summed E-state index contributed by atoms with van der Waals surface area (Å²) in [5.74, 6) is 4.88. The number of carbonyl (C=O) groups excluding carboxylic acids is 1. The van der Waals surface area contributed by atoms with Crippen LogP contribution in [-0.4, -0.2) is 37.2 Å². The Hall–Kier alpha value is -3.80. The summed E-state index contributed by atoms with van der Waals surface area (Å²) in [7, 11) is -2.87. The topological polar surface area (TPSA) is 94.8 Å². The molecule has 0 aliphatic rings. The monoisotopic (exact) mass is 493 g/mol. The van der Waals surface area contributed by atoms with Gasteiger partial charge in [0.2, 0.25) is 0 Å². The van der Waals surface area contributed by atoms with Crippen LogP contribution < -0.4 is 4.74 Å². The van der Waals surface area contributed by atoms with Crippen LogP contribution in [0.25, 0.3) is 0 Å². The second-order valence-corrected chi connectivity index (χ2v) is 9.35. The van der Waals surface area contributed by atoms with E-state index in [9.17, 15) is 18.3 Å². The maximum absolute atomic E-state index is 13.4. The molecule has 0 bridgehead atoms. The summed E-state index contributed by atoms with van der Waals surface area (Å²) in [5.41, 5.74) is 0.913. The molecule has 1 N–H and O–H groups in total. The Balaban J connectivity index is 2.13. The van der Waals surface area contributed by atoms with E-state index in [1.54, 1.807) is 42.5 Å². The smallest absolute Gasteiger partial charge is 0.312 e. The number of carbonyl (C=O) groups is 1. The second-order valence-electron chi connectivity index (χ2n) is 7.53. The largest absolute Gasteiger partial charge is 0.494 e. The van der Waals surface area contributed by atoms with Gasteiger partial charge in [0.1, 0.15) is 11.9 Å². The lowest BCUT2D eigenvalue weighted by atomic mass is 9.94. The molecule has 35 heavy (non-hydrogen) atoms. The summed E-state index contributed by atoms with van der Waals surface area (Å²) in [5, 5.41) is 11.2. The van der Waals surface area contributed by atoms with Crippen LogP contribution in [0.1, 0.15) is 36.3 Å². The van der Waals surface area contributed by atoms with Crippen molar-refractivity contribution >= 4 is 16.0 Å². The fourth-order valence-electron chi connectivity index (χ4n) is 3.55. The number of allylic oxidation sites excluding steroid dienone is 1. The molecule has 182 valence electrons. The molecular weight excluding hydrogens is 466 g/mol. The number of methoxy groups -OCH3 is 1. The standard InChI is InChI=1S/C27H27NO6S/c1-4-9-24(27(30)33-3)26(29)25-21(15-12-20-13-16-22(17-14-20)34-5-2)18-19-28(25)35(31,32)23-10-7-6-8-11-23/h4,6-8,10-11,13-14,16-19,24,26,29H,1,5,9H2,2-3H3. The van der Waals surface area contributed by atoms with Gasteiger partial charge >= 0.3 is 5.97 Å². The van der Waals surface area contributed by atoms with Gasteiger partial charge in [0.25, 0.3) is 10.0 Å². The average Bonchev–Trinajstić information content (AvgIpc) is 3.31. The number of aliphatic hydroxyl groups excluding tert-OH is 1. The van der Waals surface area contributed by atoms with Gasteiger partial charge < -0.3 is 14.6 Å². The molecule has 0 amide bonds. The van der Waals surface area contributed by atoms with Gasteiger partial charge in [0, 0.05) is 17.3 Å². The summed E-state index contributed by atoms with van der Waals surface area (Å²) in [6, 6.07) is 16.5. The molecule has 3 rings (SSSR count). The van der Waals surface area contributed by atoms with Crippen LogP contribution in [0.4, 0.5) is 0 Å². The van der Waals surface area contributed by atoms with E-state index in [0.29, 0.717) is 17.9 Å². The quantitative estimate of drug-likeness (QED) is 0.276. The Labute approximate surface area is 205 Å². The van der Waals surface area contributed by atoms with Crippen molar-refractivity contribution in [1.29, 1.82) is 0 Å². The van der Waals surface area contributed by atoms with Crippen molar-refractivity contribution in [2.75, 3.05) is 13.7 Å². The summed E-state index contributed by atoms with van der Waals surface area (Å²) in [6.45, 7) is 6.07. The van der Waals surface area contributed by atoms with Crippen LogP contribution in [0.15, 0.2) is 84.4 Å². The van der Waals surface area contributed by atoms with Gasteiger partial charge in [-0.05, 0) is 55.8 Å². The Kier molecular flexibility index (Phi) is 8.53. The van der Waals surface area contributed by atoms with Crippen LogP contribution in [-0.2, 0) is 19.6 Å². The highest BCUT2D eigenvalue weighted by molar-refractivity contribution is 7.90. The van der Waals surface area contributed by atoms with Crippen molar-refractivity contribution in [3.8, 4) is 17.6 Å². The lowest BCUT2D eigenvalue weighted by Crippen LogP contribution is -2.27. The molecule has 2 aromatic carbocycles. The zero-order valence-electron chi connectivity index (χ0n) is 19.5. The van der Waals surface area contributed by atoms with E-state index in [4.69, 9.17) is 9.47 Å². The van der Waals surface area contributed by atoms with Crippen LogP contribution in [0.2, 0.25) is 0 Å². The molecule has 0 aliphatic heterocycles. The third kappa shape index (κ3) is 5.83. The second kappa shape index (κ2) is 11.6. The summed E-state index contributed by atoms with van der Waals surface area (Å²) < 4.78 is 38.1. The predicted octanol–water partition coefficient (Wildman–Crippen LogP) is 3.92. The minimum Gasteiger partial charge on any atom is -0.494 e. The molecule has 0 spiro atoms. The van der Waals surface area contributed by atoms with Gasteiger partial charge in [0.15, 0.2) is 0 Å². The van der Waals surface area contributed by atoms with Gasteiger partial charge in [-0.15, -0.1) is 6.58 Å². The summed E-state index contributed by atoms with van der Waals surface area (Å²) >= 11 is 0. The van der Waals surface area contributed by atoms with Gasteiger partial charge in [-0.3, -0.25) is 4.79 Å². The first-order chi connectivity index (χ1) is 16.8. The van der Waals surface area contributed by atoms with Gasteiger partial charge in [0.05, 0.1) is 30.2 Å². The van der Waals surface area contributed by atoms with E-state index in [1.165, 1.54) is 37.6 Å². The number of hydrogen-bond acceptors (Lipinski definition) is 6. The van der Waals surface area contributed by atoms with Crippen molar-refractivity contribution in [2.24, 2.45) is 5.92 Å². The highest BCUT2D eigenvalue weighted by Gasteiger charge is 2.34. The molecule has 0 fully saturated rings. The molecular formula is C27H27NO6S. The molecule has 0 aliphatic carbocycles. The van der Waals surface area contributed by atoms with E-state index in [1.807, 2.05) is 6.92 Å². The zero-order valence-corrected chi connectivity index (χ0v) is 20.4. The number of aromatic nitrogens is 1. The number of esters is 1. The van der Waals surface area contributed by atoms with E-state index in [0.717, 1.165) is 3.97 Å². The number of nitrogens with zero attached hydrogens (tertiary/aromatic N) is 1. The molecule has 2 atom stereocenters. The molecule has 0 saturated carbocycles. The maximum Gasteiger partial charge on any atom is 0.312 e. The zero-order chi connectivity index (χ0) is 25.4. The van der Waals surface area contributed by atoms with Crippen LogP contribution in [0.5, 0.6) is 5.75 Å². The highest BCUT2D eigenvalue weighted by Crippen LogP contribution is 2.32. The fourth-order valence-corrected chi connectivity index (χ4v) is 4.97. The Bertz CT molecular complexity index is 1330. The molecule has 2 unspecified atom stereocenters. The molecule has 1 heterocycles.